The van der Waals surface area contributed by atoms with E-state index in [1.807, 2.05) is 71.6 Å². The summed E-state index contributed by atoms with van der Waals surface area (Å²) in [6.45, 7) is 16.2. The number of fused-ring (bicyclic) bond motifs is 1. The molecule has 8 heteroatoms. The first-order chi connectivity index (χ1) is 11.7. The molecule has 4 nitrogen and oxygen atoms in total. The van der Waals surface area contributed by atoms with E-state index in [0.29, 0.717) is 5.02 Å². The number of hydrogen-bond acceptors (Lipinski definition) is 4. The molecule has 3 heterocycles. The van der Waals surface area contributed by atoms with Crippen molar-refractivity contribution in [3.8, 4) is 0 Å². The summed E-state index contributed by atoms with van der Waals surface area (Å²) in [5, 5.41) is 1.57. The van der Waals surface area contributed by atoms with Gasteiger partial charge in [-0.15, -0.1) is 0 Å². The largest absolute Gasteiger partial charge is 0.497 e. The monoisotopic (exact) mass is 496 g/mol. The minimum absolute atomic E-state index is 0.366. The number of pyridine rings is 1. The summed E-state index contributed by atoms with van der Waals surface area (Å²) in [6.07, 6.45) is 3.66. The Morgan fingerprint density at radius 1 is 1.12 bits per heavy atom. The van der Waals surface area contributed by atoms with Crippen molar-refractivity contribution in [3.05, 3.63) is 23.5 Å². The van der Waals surface area contributed by atoms with Crippen molar-refractivity contribution in [3.63, 3.8) is 0 Å². The molecule has 1 saturated heterocycles. The molecule has 140 valence electrons. The Balaban J connectivity index is 0.000000730. The van der Waals surface area contributed by atoms with Gasteiger partial charge in [-0.25, -0.2) is 4.98 Å². The van der Waals surface area contributed by atoms with Gasteiger partial charge in [0, 0.05) is 53.6 Å². The Labute approximate surface area is 173 Å². The molecular formula is C17H27BClIN2O2S. The average molecular weight is 497 g/mol. The number of halogens is 2. The van der Waals surface area contributed by atoms with Crippen LogP contribution in [0.2, 0.25) is 5.02 Å². The van der Waals surface area contributed by atoms with Gasteiger partial charge >= 0.3 is 7.12 Å². The number of rotatable bonds is 2. The first-order valence-corrected chi connectivity index (χ1v) is 12.3. The fourth-order valence-corrected chi connectivity index (χ4v) is 3.71. The minimum Gasteiger partial charge on any atom is -0.399 e. The lowest BCUT2D eigenvalue weighted by Crippen LogP contribution is -2.41. The van der Waals surface area contributed by atoms with Gasteiger partial charge in [0.1, 0.15) is 5.65 Å². The molecule has 0 N–H and O–H groups in total. The van der Waals surface area contributed by atoms with E-state index in [2.05, 4.69) is 26.2 Å². The highest BCUT2D eigenvalue weighted by molar-refractivity contribution is 14.2. The van der Waals surface area contributed by atoms with Gasteiger partial charge in [0.15, 0.2) is 0 Å². The van der Waals surface area contributed by atoms with Gasteiger partial charge in [0.25, 0.3) is 0 Å². The minimum atomic E-state index is -0.414. The lowest BCUT2D eigenvalue weighted by Gasteiger charge is -2.32. The van der Waals surface area contributed by atoms with Crippen molar-refractivity contribution >= 4 is 65.5 Å². The highest BCUT2D eigenvalue weighted by atomic mass is 127. The van der Waals surface area contributed by atoms with Gasteiger partial charge in [0.2, 0.25) is 0 Å². The van der Waals surface area contributed by atoms with Crippen LogP contribution in [0, 0.1) is 0 Å². The van der Waals surface area contributed by atoms with Gasteiger partial charge in [-0.1, -0.05) is 39.3 Å². The smallest absolute Gasteiger partial charge is 0.399 e. The second-order valence-corrected chi connectivity index (χ2v) is 8.24. The number of hydrogen-bond donors (Lipinski definition) is 0. The lowest BCUT2D eigenvalue weighted by atomic mass is 9.79. The molecule has 3 rings (SSSR count). The topological polar surface area (TPSA) is 36.3 Å². The average Bonchev–Trinajstić information content (AvgIpc) is 3.05. The molecular weight excluding hydrogens is 469 g/mol. The molecule has 2 aromatic heterocycles. The summed E-state index contributed by atoms with van der Waals surface area (Å²) >= 11 is 8.33. The molecule has 1 fully saturated rings. The van der Waals surface area contributed by atoms with Crippen LogP contribution in [-0.2, 0) is 9.31 Å². The van der Waals surface area contributed by atoms with E-state index in [1.54, 1.807) is 15.3 Å². The quantitative estimate of drug-likeness (QED) is 0.384. The van der Waals surface area contributed by atoms with E-state index >= 15 is 0 Å². The van der Waals surface area contributed by atoms with E-state index in [4.69, 9.17) is 20.9 Å². The lowest BCUT2D eigenvalue weighted by molar-refractivity contribution is 0.00578. The van der Waals surface area contributed by atoms with Crippen LogP contribution in [-0.4, -0.2) is 27.3 Å². The third-order valence-corrected chi connectivity index (χ3v) is 6.10. The van der Waals surface area contributed by atoms with Crippen LogP contribution in [0.4, 0.5) is 0 Å². The molecule has 0 spiro atoms. The Morgan fingerprint density at radius 3 is 2.12 bits per heavy atom. The van der Waals surface area contributed by atoms with Crippen molar-refractivity contribution in [2.24, 2.45) is 0 Å². The van der Waals surface area contributed by atoms with E-state index < -0.39 is 7.12 Å². The second kappa shape index (κ2) is 9.31. The van der Waals surface area contributed by atoms with Crippen LogP contribution in [0.25, 0.3) is 11.0 Å². The van der Waals surface area contributed by atoms with Gasteiger partial charge in [-0.05, 0) is 33.8 Å². The summed E-state index contributed by atoms with van der Waals surface area (Å²) in [5.74, 6) is 0. The van der Waals surface area contributed by atoms with Gasteiger partial charge < -0.3 is 9.31 Å². The fourth-order valence-electron chi connectivity index (χ4n) is 2.29. The van der Waals surface area contributed by atoms with Gasteiger partial charge in [0.05, 0.1) is 16.2 Å². The Hall–Kier alpha value is 0.0449. The van der Waals surface area contributed by atoms with Crippen molar-refractivity contribution in [1.29, 1.82) is 0 Å². The summed E-state index contributed by atoms with van der Waals surface area (Å²) < 4.78 is 14.3. The first-order valence-electron chi connectivity index (χ1n) is 8.56. The SMILES string of the molecule is CC.CC.CC1(C)OB(c2cn(SI)c3ncc(Cl)cc23)OC1(C)C. The standard InChI is InChI=1S/C13H15BClIN2O2S.2C2H6/c1-12(2)13(3,4)20-14(19-12)10-7-18(21-16)11-9(10)5-8(15)6-17-11;2*1-2/h5-7H,1-4H3;2*1-2H3. The highest BCUT2D eigenvalue weighted by Crippen LogP contribution is 2.37. The number of aromatic nitrogens is 2. The Kier molecular flexibility index (Phi) is 8.59. The summed E-state index contributed by atoms with van der Waals surface area (Å²) in [4.78, 5) is 4.41. The summed E-state index contributed by atoms with van der Waals surface area (Å²) in [5.41, 5.74) is 1.09. The fraction of sp³-hybridized carbons (Fsp3) is 0.588. The van der Waals surface area contributed by atoms with Crippen LogP contribution < -0.4 is 5.46 Å². The first kappa shape index (κ1) is 23.1. The molecule has 0 bridgehead atoms. The van der Waals surface area contributed by atoms with Gasteiger partial charge in [-0.3, -0.25) is 3.97 Å². The maximum Gasteiger partial charge on any atom is 0.497 e. The molecule has 1 aliphatic rings. The van der Waals surface area contributed by atoms with Crippen molar-refractivity contribution in [1.82, 2.24) is 8.96 Å². The maximum absolute atomic E-state index is 6.14. The molecule has 25 heavy (non-hydrogen) atoms. The predicted molar refractivity (Wildman–Crippen MR) is 120 cm³/mol. The van der Waals surface area contributed by atoms with Gasteiger partial charge in [-0.2, -0.15) is 0 Å². The molecule has 0 unspecified atom stereocenters. The Bertz CT molecular complexity index is 693. The van der Waals surface area contributed by atoms with Crippen LogP contribution in [0.15, 0.2) is 18.5 Å². The van der Waals surface area contributed by atoms with E-state index in [-0.39, 0.29) is 11.2 Å². The normalized spacial score (nSPS) is 17.6. The molecule has 0 aliphatic carbocycles. The van der Waals surface area contributed by atoms with Crippen molar-refractivity contribution in [2.75, 3.05) is 0 Å². The van der Waals surface area contributed by atoms with E-state index in [0.717, 1.165) is 16.5 Å². The highest BCUT2D eigenvalue weighted by Gasteiger charge is 2.52. The molecule has 0 atom stereocenters. The van der Waals surface area contributed by atoms with E-state index in [1.165, 1.54) is 0 Å². The summed E-state index contributed by atoms with van der Waals surface area (Å²) in [6, 6.07) is 1.91. The molecule has 0 aromatic carbocycles. The van der Waals surface area contributed by atoms with Crippen LogP contribution in [0.5, 0.6) is 0 Å². The third kappa shape index (κ3) is 4.67. The molecule has 1 aliphatic heterocycles. The zero-order chi connectivity index (χ0) is 19.4. The Morgan fingerprint density at radius 2 is 1.64 bits per heavy atom. The molecule has 0 radical (unpaired) electrons. The molecule has 0 saturated carbocycles. The predicted octanol–water partition coefficient (Wildman–Crippen LogP) is 5.89. The molecule has 2 aromatic rings. The summed E-state index contributed by atoms with van der Waals surface area (Å²) in [7, 11) is 1.14. The van der Waals surface area contributed by atoms with Crippen LogP contribution in [0.1, 0.15) is 55.4 Å². The zero-order valence-electron chi connectivity index (χ0n) is 16.2. The van der Waals surface area contributed by atoms with Crippen molar-refractivity contribution < 1.29 is 9.31 Å². The number of nitrogens with zero attached hydrogens (tertiary/aromatic N) is 2. The zero-order valence-corrected chi connectivity index (χ0v) is 19.9. The second-order valence-electron chi connectivity index (χ2n) is 6.09. The van der Waals surface area contributed by atoms with Crippen LogP contribution >= 0.6 is 41.9 Å². The van der Waals surface area contributed by atoms with Crippen molar-refractivity contribution in [2.45, 2.75) is 66.6 Å². The maximum atomic E-state index is 6.14. The molecule has 0 amide bonds. The third-order valence-electron chi connectivity index (χ3n) is 4.19. The van der Waals surface area contributed by atoms with Crippen LogP contribution in [0.3, 0.4) is 0 Å². The van der Waals surface area contributed by atoms with E-state index in [9.17, 15) is 0 Å².